The topological polar surface area (TPSA) is 46.8 Å². The maximum atomic E-state index is 11.6. The Morgan fingerprint density at radius 3 is 2.73 bits per heavy atom. The van der Waals surface area contributed by atoms with E-state index in [2.05, 4.69) is 4.98 Å². The van der Waals surface area contributed by atoms with E-state index in [0.29, 0.717) is 27.0 Å². The Labute approximate surface area is 167 Å². The Hall–Kier alpha value is -1.95. The lowest BCUT2D eigenvalue weighted by Gasteiger charge is -2.19. The van der Waals surface area contributed by atoms with Crippen LogP contribution in [0.4, 0.5) is 5.69 Å². The van der Waals surface area contributed by atoms with Crippen LogP contribution in [-0.2, 0) is 11.4 Å². The third-order valence-corrected chi connectivity index (χ3v) is 4.71. The van der Waals surface area contributed by atoms with E-state index in [0.717, 1.165) is 11.3 Å². The van der Waals surface area contributed by atoms with Crippen LogP contribution in [0.3, 0.4) is 0 Å². The average Bonchev–Trinajstić information content (AvgIpc) is 2.95. The van der Waals surface area contributed by atoms with Crippen LogP contribution in [0.15, 0.2) is 36.7 Å². The maximum absolute atomic E-state index is 11.6. The van der Waals surface area contributed by atoms with E-state index in [4.69, 9.17) is 27.9 Å². The minimum Gasteiger partial charge on any atom is -0.485 e. The lowest BCUT2D eigenvalue weighted by atomic mass is 10.2. The quantitative estimate of drug-likeness (QED) is 0.608. The van der Waals surface area contributed by atoms with Gasteiger partial charge in [-0.05, 0) is 31.2 Å². The van der Waals surface area contributed by atoms with Crippen molar-refractivity contribution >= 4 is 52.9 Å². The molecule has 0 N–H and O–H groups in total. The molecular weight excluding hydrogens is 397 g/mol. The minimum absolute atomic E-state index is 0. The first-order chi connectivity index (χ1) is 11.9. The highest BCUT2D eigenvalue weighted by Gasteiger charge is 2.17. The molecule has 0 aliphatic rings. The largest absolute Gasteiger partial charge is 0.485 e. The molecule has 8 heteroatoms. The highest BCUT2D eigenvalue weighted by molar-refractivity contribution is 6.38. The van der Waals surface area contributed by atoms with Crippen LogP contribution in [0.2, 0.25) is 10.0 Å². The molecular formula is C18H18Cl3N3O2. The second-order valence-electron chi connectivity index (χ2n) is 5.71. The fourth-order valence-electron chi connectivity index (χ4n) is 2.52. The number of fused-ring (bicyclic) bond motifs is 1. The number of hydrogen-bond acceptors (Lipinski definition) is 3. The number of carbonyl (C=O) groups is 1. The third kappa shape index (κ3) is 3.90. The molecule has 0 fully saturated rings. The number of pyridine rings is 1. The number of ether oxygens (including phenoxy) is 1. The highest BCUT2D eigenvalue weighted by Crippen LogP contribution is 2.34. The van der Waals surface area contributed by atoms with Crippen molar-refractivity contribution in [3.63, 3.8) is 0 Å². The number of aryl methyl sites for hydroxylation is 1. The van der Waals surface area contributed by atoms with Crippen LogP contribution >= 0.6 is 35.6 Å². The van der Waals surface area contributed by atoms with Crippen LogP contribution in [0.25, 0.3) is 5.65 Å². The van der Waals surface area contributed by atoms with Crippen LogP contribution in [0, 0.1) is 6.92 Å². The predicted octanol–water partition coefficient (Wildman–Crippen LogP) is 4.93. The van der Waals surface area contributed by atoms with Crippen LogP contribution in [0.1, 0.15) is 18.2 Å². The van der Waals surface area contributed by atoms with Gasteiger partial charge in [-0.2, -0.15) is 0 Å². The molecule has 0 bridgehead atoms. The van der Waals surface area contributed by atoms with Gasteiger partial charge < -0.3 is 14.0 Å². The van der Waals surface area contributed by atoms with Crippen molar-refractivity contribution in [3.8, 4) is 5.75 Å². The molecule has 26 heavy (non-hydrogen) atoms. The van der Waals surface area contributed by atoms with E-state index in [9.17, 15) is 4.79 Å². The summed E-state index contributed by atoms with van der Waals surface area (Å²) in [6.07, 6.45) is 3.83. The Morgan fingerprint density at radius 1 is 1.31 bits per heavy atom. The molecule has 0 spiro atoms. The van der Waals surface area contributed by atoms with Crippen LogP contribution < -0.4 is 9.64 Å². The molecule has 0 atom stereocenters. The van der Waals surface area contributed by atoms with Crippen molar-refractivity contribution in [2.75, 3.05) is 11.9 Å². The van der Waals surface area contributed by atoms with Crippen molar-refractivity contribution in [2.24, 2.45) is 0 Å². The molecule has 0 saturated carbocycles. The molecule has 0 saturated heterocycles. The van der Waals surface area contributed by atoms with Gasteiger partial charge in [-0.25, -0.2) is 4.98 Å². The Morgan fingerprint density at radius 2 is 2.04 bits per heavy atom. The summed E-state index contributed by atoms with van der Waals surface area (Å²) < 4.78 is 7.82. The first-order valence-electron chi connectivity index (χ1n) is 7.66. The van der Waals surface area contributed by atoms with E-state index in [1.165, 1.54) is 11.8 Å². The summed E-state index contributed by atoms with van der Waals surface area (Å²) in [6, 6.07) is 7.15. The number of aromatic nitrogens is 2. The van der Waals surface area contributed by atoms with Crippen molar-refractivity contribution in [3.05, 3.63) is 58.0 Å². The predicted molar refractivity (Wildman–Crippen MR) is 107 cm³/mol. The van der Waals surface area contributed by atoms with E-state index < -0.39 is 0 Å². The normalized spacial score (nSPS) is 10.5. The SMILES string of the molecule is CC(=O)N(C)c1ccc(Cl)c(COc2cccn3cc(C)nc23)c1Cl.Cl. The molecule has 2 heterocycles. The highest BCUT2D eigenvalue weighted by atomic mass is 35.5. The number of nitrogens with zero attached hydrogens (tertiary/aromatic N) is 3. The van der Waals surface area contributed by atoms with E-state index in [1.54, 1.807) is 19.2 Å². The second-order valence-corrected chi connectivity index (χ2v) is 6.50. The summed E-state index contributed by atoms with van der Waals surface area (Å²) in [4.78, 5) is 17.5. The zero-order valence-corrected chi connectivity index (χ0v) is 16.8. The third-order valence-electron chi connectivity index (χ3n) is 3.94. The molecule has 2 aromatic heterocycles. The van der Waals surface area contributed by atoms with E-state index in [-0.39, 0.29) is 24.9 Å². The summed E-state index contributed by atoms with van der Waals surface area (Å²) in [5.41, 5.74) is 2.84. The first-order valence-corrected chi connectivity index (χ1v) is 8.42. The minimum atomic E-state index is -0.117. The number of carbonyl (C=O) groups excluding carboxylic acids is 1. The van der Waals surface area contributed by atoms with Gasteiger partial charge in [-0.3, -0.25) is 4.79 Å². The van der Waals surface area contributed by atoms with Crippen molar-refractivity contribution in [1.82, 2.24) is 9.38 Å². The summed E-state index contributed by atoms with van der Waals surface area (Å²) in [7, 11) is 1.66. The molecule has 0 radical (unpaired) electrons. The molecule has 1 aromatic carbocycles. The maximum Gasteiger partial charge on any atom is 0.223 e. The van der Waals surface area contributed by atoms with Crippen molar-refractivity contribution < 1.29 is 9.53 Å². The van der Waals surface area contributed by atoms with Crippen LogP contribution in [-0.4, -0.2) is 22.3 Å². The fourth-order valence-corrected chi connectivity index (χ4v) is 3.13. The molecule has 0 aliphatic heterocycles. The summed E-state index contributed by atoms with van der Waals surface area (Å²) in [5.74, 6) is 0.516. The van der Waals surface area contributed by atoms with Gasteiger partial charge in [0.1, 0.15) is 6.61 Å². The van der Waals surface area contributed by atoms with Crippen LogP contribution in [0.5, 0.6) is 5.75 Å². The van der Waals surface area contributed by atoms with Gasteiger partial charge in [0.2, 0.25) is 5.91 Å². The molecule has 3 rings (SSSR count). The van der Waals surface area contributed by atoms with Gasteiger partial charge in [0.15, 0.2) is 11.4 Å². The summed E-state index contributed by atoms with van der Waals surface area (Å²) in [6.45, 7) is 3.57. The fraction of sp³-hybridized carbons (Fsp3) is 0.222. The van der Waals surface area contributed by atoms with Crippen molar-refractivity contribution in [1.29, 1.82) is 0 Å². The molecule has 0 unspecified atom stereocenters. The number of halogens is 3. The molecule has 3 aromatic rings. The standard InChI is InChI=1S/C18H17Cl2N3O2.ClH/c1-11-9-23-8-4-5-16(18(23)21-11)25-10-13-14(19)6-7-15(17(13)20)22(3)12(2)24;/h4-9H,10H2,1-3H3;1H. The van der Waals surface area contributed by atoms with Gasteiger partial charge in [0.05, 0.1) is 16.4 Å². The zero-order valence-electron chi connectivity index (χ0n) is 14.5. The molecule has 5 nitrogen and oxygen atoms in total. The van der Waals surface area contributed by atoms with E-state index >= 15 is 0 Å². The van der Waals surface area contributed by atoms with Gasteiger partial charge in [-0.1, -0.05) is 23.2 Å². The number of hydrogen-bond donors (Lipinski definition) is 0. The Balaban J connectivity index is 0.00000243. The number of amides is 1. The zero-order chi connectivity index (χ0) is 18.1. The molecule has 0 aliphatic carbocycles. The smallest absolute Gasteiger partial charge is 0.223 e. The number of imidazole rings is 1. The van der Waals surface area contributed by atoms with Gasteiger partial charge >= 0.3 is 0 Å². The van der Waals surface area contributed by atoms with Gasteiger partial charge in [0.25, 0.3) is 0 Å². The number of benzene rings is 1. The van der Waals surface area contributed by atoms with Crippen molar-refractivity contribution in [2.45, 2.75) is 20.5 Å². The lowest BCUT2D eigenvalue weighted by molar-refractivity contribution is -0.116. The number of anilines is 1. The molecule has 1 amide bonds. The molecule has 138 valence electrons. The summed E-state index contributed by atoms with van der Waals surface area (Å²) in [5, 5.41) is 0.883. The Bertz CT molecular complexity index is 956. The Kier molecular flexibility index (Phi) is 6.39. The van der Waals surface area contributed by atoms with Gasteiger partial charge in [-0.15, -0.1) is 12.4 Å². The monoisotopic (exact) mass is 413 g/mol. The first kappa shape index (κ1) is 20.4. The van der Waals surface area contributed by atoms with E-state index in [1.807, 2.05) is 35.9 Å². The average molecular weight is 415 g/mol. The lowest BCUT2D eigenvalue weighted by Crippen LogP contribution is -2.23. The number of rotatable bonds is 4. The second kappa shape index (κ2) is 8.16. The summed E-state index contributed by atoms with van der Waals surface area (Å²) >= 11 is 12.7. The van der Waals surface area contributed by atoms with Gasteiger partial charge in [0, 0.05) is 37.0 Å².